The van der Waals surface area contributed by atoms with Crippen LogP contribution in [0.2, 0.25) is 0 Å². The van der Waals surface area contributed by atoms with Gasteiger partial charge in [0.15, 0.2) is 0 Å². The molecule has 0 radical (unpaired) electrons. The third kappa shape index (κ3) is 4.98. The van der Waals surface area contributed by atoms with Crippen molar-refractivity contribution in [2.45, 2.75) is 25.9 Å². The van der Waals surface area contributed by atoms with E-state index in [9.17, 15) is 4.79 Å². The van der Waals surface area contributed by atoms with Crippen molar-refractivity contribution < 1.29 is 4.79 Å². The number of benzene rings is 1. The Bertz CT molecular complexity index is 628. The van der Waals surface area contributed by atoms with Crippen LogP contribution in [0.1, 0.15) is 30.5 Å². The quantitative estimate of drug-likeness (QED) is 0.862. The third-order valence-electron chi connectivity index (χ3n) is 3.70. The van der Waals surface area contributed by atoms with Crippen LogP contribution in [-0.4, -0.2) is 25.1 Å². The maximum Gasteiger partial charge on any atom is 0.315 e. The SMILES string of the molecule is CC[C@@H](NC(=O)NCc1cccc(N(C)C)c1)c1ccncc1. The molecule has 0 aliphatic heterocycles. The van der Waals surface area contributed by atoms with E-state index >= 15 is 0 Å². The first-order chi connectivity index (χ1) is 11.1. The Morgan fingerprint density at radius 1 is 1.22 bits per heavy atom. The van der Waals surface area contributed by atoms with Crippen LogP contribution in [0.25, 0.3) is 0 Å². The zero-order valence-corrected chi connectivity index (χ0v) is 13.9. The number of hydrogen-bond donors (Lipinski definition) is 2. The fourth-order valence-corrected chi connectivity index (χ4v) is 2.35. The molecule has 1 aromatic carbocycles. The Hall–Kier alpha value is -2.56. The highest BCUT2D eigenvalue weighted by Gasteiger charge is 2.12. The maximum atomic E-state index is 12.1. The average Bonchev–Trinajstić information content (AvgIpc) is 2.59. The molecular weight excluding hydrogens is 288 g/mol. The van der Waals surface area contributed by atoms with Crippen molar-refractivity contribution in [3.63, 3.8) is 0 Å². The minimum absolute atomic E-state index is 0.00823. The maximum absolute atomic E-state index is 12.1. The van der Waals surface area contributed by atoms with Crippen LogP contribution in [0.15, 0.2) is 48.8 Å². The van der Waals surface area contributed by atoms with Gasteiger partial charge in [0.1, 0.15) is 0 Å². The Balaban J connectivity index is 1.90. The van der Waals surface area contributed by atoms with E-state index in [-0.39, 0.29) is 12.1 Å². The predicted molar refractivity (Wildman–Crippen MR) is 93.4 cm³/mol. The van der Waals surface area contributed by atoms with E-state index in [2.05, 4.69) is 21.7 Å². The molecule has 23 heavy (non-hydrogen) atoms. The number of pyridine rings is 1. The summed E-state index contributed by atoms with van der Waals surface area (Å²) in [5.41, 5.74) is 3.25. The number of hydrogen-bond acceptors (Lipinski definition) is 3. The number of aromatic nitrogens is 1. The molecule has 2 amide bonds. The first kappa shape index (κ1) is 16.8. The van der Waals surface area contributed by atoms with E-state index < -0.39 is 0 Å². The molecule has 2 rings (SSSR count). The topological polar surface area (TPSA) is 57.3 Å². The summed E-state index contributed by atoms with van der Waals surface area (Å²) < 4.78 is 0. The third-order valence-corrected chi connectivity index (χ3v) is 3.70. The highest BCUT2D eigenvalue weighted by atomic mass is 16.2. The lowest BCUT2D eigenvalue weighted by atomic mass is 10.1. The lowest BCUT2D eigenvalue weighted by Gasteiger charge is -2.18. The molecule has 0 fully saturated rings. The second-order valence-electron chi connectivity index (χ2n) is 5.63. The molecule has 122 valence electrons. The van der Waals surface area contributed by atoms with E-state index in [0.29, 0.717) is 6.54 Å². The second kappa shape index (κ2) is 8.17. The molecule has 0 aliphatic carbocycles. The van der Waals surface area contributed by atoms with Crippen molar-refractivity contribution in [1.29, 1.82) is 0 Å². The molecule has 1 aromatic heterocycles. The van der Waals surface area contributed by atoms with Crippen molar-refractivity contribution in [3.05, 3.63) is 59.9 Å². The standard InChI is InChI=1S/C18H24N4O/c1-4-17(15-8-10-19-11-9-15)21-18(23)20-13-14-6-5-7-16(12-14)22(2)3/h5-12,17H,4,13H2,1-3H3,(H2,20,21,23)/t17-/m1/s1. The van der Waals surface area contributed by atoms with Gasteiger partial charge in [0.25, 0.3) is 0 Å². The number of amides is 2. The lowest BCUT2D eigenvalue weighted by Crippen LogP contribution is -2.37. The van der Waals surface area contributed by atoms with Crippen molar-refractivity contribution in [3.8, 4) is 0 Å². The summed E-state index contributed by atoms with van der Waals surface area (Å²) in [6.45, 7) is 2.55. The molecule has 5 heteroatoms. The van der Waals surface area contributed by atoms with Crippen molar-refractivity contribution in [1.82, 2.24) is 15.6 Å². The number of rotatable bonds is 6. The molecule has 2 N–H and O–H groups in total. The zero-order chi connectivity index (χ0) is 16.7. The fourth-order valence-electron chi connectivity index (χ4n) is 2.35. The van der Waals surface area contributed by atoms with Gasteiger partial charge in [-0.15, -0.1) is 0 Å². The Kier molecular flexibility index (Phi) is 5.97. The van der Waals surface area contributed by atoms with E-state index in [0.717, 1.165) is 23.2 Å². The van der Waals surface area contributed by atoms with Crippen LogP contribution in [0, 0.1) is 0 Å². The van der Waals surface area contributed by atoms with Gasteiger partial charge in [0.05, 0.1) is 6.04 Å². The number of anilines is 1. The van der Waals surface area contributed by atoms with Gasteiger partial charge in [-0.2, -0.15) is 0 Å². The number of nitrogens with zero attached hydrogens (tertiary/aromatic N) is 2. The van der Waals surface area contributed by atoms with Crippen LogP contribution in [0.3, 0.4) is 0 Å². The van der Waals surface area contributed by atoms with E-state index in [1.54, 1.807) is 12.4 Å². The predicted octanol–water partition coefficient (Wildman–Crippen LogP) is 3.10. The minimum atomic E-state index is -0.163. The van der Waals surface area contributed by atoms with Gasteiger partial charge < -0.3 is 15.5 Å². The van der Waals surface area contributed by atoms with Crippen molar-refractivity contribution in [2.75, 3.05) is 19.0 Å². The normalized spacial score (nSPS) is 11.6. The number of carbonyl (C=O) groups is 1. The van der Waals surface area contributed by atoms with Crippen molar-refractivity contribution >= 4 is 11.7 Å². The van der Waals surface area contributed by atoms with Crippen LogP contribution >= 0.6 is 0 Å². The molecular formula is C18H24N4O. The summed E-state index contributed by atoms with van der Waals surface area (Å²) in [4.78, 5) is 18.2. The van der Waals surface area contributed by atoms with Gasteiger partial charge in [-0.1, -0.05) is 19.1 Å². The monoisotopic (exact) mass is 312 g/mol. The highest BCUT2D eigenvalue weighted by Crippen LogP contribution is 2.15. The number of urea groups is 1. The Labute approximate surface area is 137 Å². The van der Waals surface area contributed by atoms with Crippen LogP contribution in [0.4, 0.5) is 10.5 Å². The molecule has 0 aliphatic rings. The van der Waals surface area contributed by atoms with Crippen LogP contribution < -0.4 is 15.5 Å². The highest BCUT2D eigenvalue weighted by molar-refractivity contribution is 5.74. The Morgan fingerprint density at radius 2 is 1.96 bits per heavy atom. The minimum Gasteiger partial charge on any atom is -0.378 e. The largest absolute Gasteiger partial charge is 0.378 e. The molecule has 0 saturated carbocycles. The van der Waals surface area contributed by atoms with Crippen LogP contribution in [-0.2, 0) is 6.54 Å². The van der Waals surface area contributed by atoms with Crippen molar-refractivity contribution in [2.24, 2.45) is 0 Å². The van der Waals surface area contributed by atoms with Gasteiger partial charge in [0.2, 0.25) is 0 Å². The average molecular weight is 312 g/mol. The lowest BCUT2D eigenvalue weighted by molar-refractivity contribution is 0.236. The van der Waals surface area contributed by atoms with Gasteiger partial charge in [-0.3, -0.25) is 4.98 Å². The van der Waals surface area contributed by atoms with Gasteiger partial charge in [-0.05, 0) is 41.8 Å². The first-order valence-electron chi connectivity index (χ1n) is 7.80. The van der Waals surface area contributed by atoms with Gasteiger partial charge in [0, 0.05) is 38.7 Å². The molecule has 5 nitrogen and oxygen atoms in total. The summed E-state index contributed by atoms with van der Waals surface area (Å²) in [5, 5.41) is 5.92. The van der Waals surface area contributed by atoms with Gasteiger partial charge >= 0.3 is 6.03 Å². The van der Waals surface area contributed by atoms with E-state index in [1.807, 2.05) is 56.3 Å². The summed E-state index contributed by atoms with van der Waals surface area (Å²) in [6, 6.07) is 11.8. The summed E-state index contributed by atoms with van der Waals surface area (Å²) in [5.74, 6) is 0. The molecule has 1 atom stereocenters. The summed E-state index contributed by atoms with van der Waals surface area (Å²) >= 11 is 0. The second-order valence-corrected chi connectivity index (χ2v) is 5.63. The van der Waals surface area contributed by atoms with E-state index in [4.69, 9.17) is 0 Å². The van der Waals surface area contributed by atoms with Crippen LogP contribution in [0.5, 0.6) is 0 Å². The zero-order valence-electron chi connectivity index (χ0n) is 13.9. The first-order valence-corrected chi connectivity index (χ1v) is 7.80. The molecule has 0 saturated heterocycles. The number of nitrogens with one attached hydrogen (secondary N) is 2. The molecule has 1 heterocycles. The smallest absolute Gasteiger partial charge is 0.315 e. The van der Waals surface area contributed by atoms with E-state index in [1.165, 1.54) is 0 Å². The number of carbonyl (C=O) groups excluding carboxylic acids is 1. The molecule has 0 bridgehead atoms. The summed E-state index contributed by atoms with van der Waals surface area (Å²) in [6.07, 6.45) is 4.31. The summed E-state index contributed by atoms with van der Waals surface area (Å²) in [7, 11) is 4.00. The fraction of sp³-hybridized carbons (Fsp3) is 0.333. The molecule has 0 unspecified atom stereocenters. The molecule has 2 aromatic rings. The molecule has 0 spiro atoms. The van der Waals surface area contributed by atoms with Gasteiger partial charge in [-0.25, -0.2) is 4.79 Å². The Morgan fingerprint density at radius 3 is 2.61 bits per heavy atom.